The lowest BCUT2D eigenvalue weighted by Crippen LogP contribution is -2.23. The average Bonchev–Trinajstić information content (AvgIpc) is 2.88. The van der Waals surface area contributed by atoms with E-state index in [1.807, 2.05) is 18.2 Å². The van der Waals surface area contributed by atoms with E-state index in [-0.39, 0.29) is 6.04 Å². The van der Waals surface area contributed by atoms with Gasteiger partial charge in [-0.25, -0.2) is 8.78 Å². The van der Waals surface area contributed by atoms with Crippen LogP contribution in [0.1, 0.15) is 23.6 Å². The van der Waals surface area contributed by atoms with Crippen molar-refractivity contribution in [2.75, 3.05) is 6.54 Å². The van der Waals surface area contributed by atoms with Crippen molar-refractivity contribution >= 4 is 0 Å². The fourth-order valence-electron chi connectivity index (χ4n) is 2.75. The van der Waals surface area contributed by atoms with E-state index in [2.05, 4.69) is 23.5 Å². The lowest BCUT2D eigenvalue weighted by Gasteiger charge is -2.25. The van der Waals surface area contributed by atoms with Crippen LogP contribution in [0.4, 0.5) is 8.78 Å². The first kappa shape index (κ1) is 13.3. The summed E-state index contributed by atoms with van der Waals surface area (Å²) in [6.45, 7) is 1.68. The van der Waals surface area contributed by atoms with Crippen molar-refractivity contribution in [2.45, 2.75) is 19.0 Å². The normalized spacial score (nSPS) is 19.4. The summed E-state index contributed by atoms with van der Waals surface area (Å²) < 4.78 is 26.9. The van der Waals surface area contributed by atoms with E-state index in [1.54, 1.807) is 6.07 Å². The third-order valence-corrected chi connectivity index (χ3v) is 3.71. The SMILES string of the molecule is Fc1ccc(C2[CH]CCN2Cc2ccccc2)c(F)c1. The molecule has 1 unspecified atom stereocenters. The molecular formula is C17H16F2N. The minimum atomic E-state index is -0.529. The molecule has 0 saturated carbocycles. The van der Waals surface area contributed by atoms with Gasteiger partial charge in [-0.2, -0.15) is 0 Å². The van der Waals surface area contributed by atoms with Crippen molar-refractivity contribution < 1.29 is 8.78 Å². The summed E-state index contributed by atoms with van der Waals surface area (Å²) in [7, 11) is 0. The summed E-state index contributed by atoms with van der Waals surface area (Å²) >= 11 is 0. The maximum atomic E-state index is 13.9. The summed E-state index contributed by atoms with van der Waals surface area (Å²) in [5.41, 5.74) is 1.76. The van der Waals surface area contributed by atoms with E-state index in [0.29, 0.717) is 5.56 Å². The van der Waals surface area contributed by atoms with E-state index >= 15 is 0 Å². The van der Waals surface area contributed by atoms with E-state index in [9.17, 15) is 8.78 Å². The molecule has 1 aliphatic rings. The van der Waals surface area contributed by atoms with Crippen LogP contribution in [0, 0.1) is 18.1 Å². The van der Waals surface area contributed by atoms with Gasteiger partial charge in [0.05, 0.1) is 0 Å². The van der Waals surface area contributed by atoms with Gasteiger partial charge in [0, 0.05) is 24.2 Å². The minimum Gasteiger partial charge on any atom is -0.292 e. The van der Waals surface area contributed by atoms with Crippen molar-refractivity contribution in [1.82, 2.24) is 4.90 Å². The minimum absolute atomic E-state index is 0.0733. The van der Waals surface area contributed by atoms with Crippen molar-refractivity contribution in [3.05, 3.63) is 77.7 Å². The molecular weight excluding hydrogens is 256 g/mol. The van der Waals surface area contributed by atoms with Gasteiger partial charge in [-0.3, -0.25) is 4.90 Å². The fourth-order valence-corrected chi connectivity index (χ4v) is 2.75. The smallest absolute Gasteiger partial charge is 0.130 e. The Labute approximate surface area is 117 Å². The summed E-state index contributed by atoms with van der Waals surface area (Å²) in [4.78, 5) is 2.21. The third-order valence-electron chi connectivity index (χ3n) is 3.71. The van der Waals surface area contributed by atoms with Gasteiger partial charge in [-0.05, 0) is 31.0 Å². The number of hydrogen-bond donors (Lipinski definition) is 0. The fraction of sp³-hybridized carbons (Fsp3) is 0.235. The van der Waals surface area contributed by atoms with E-state index in [4.69, 9.17) is 0 Å². The lowest BCUT2D eigenvalue weighted by atomic mass is 10.0. The first-order valence-electron chi connectivity index (χ1n) is 6.80. The molecule has 3 heteroatoms. The molecule has 0 aromatic heterocycles. The maximum Gasteiger partial charge on any atom is 0.130 e. The highest BCUT2D eigenvalue weighted by molar-refractivity contribution is 5.26. The van der Waals surface area contributed by atoms with E-state index in [1.165, 1.54) is 11.6 Å². The monoisotopic (exact) mass is 272 g/mol. The number of benzene rings is 2. The number of rotatable bonds is 3. The largest absolute Gasteiger partial charge is 0.292 e. The van der Waals surface area contributed by atoms with Crippen molar-refractivity contribution in [2.24, 2.45) is 0 Å². The molecule has 0 aliphatic carbocycles. The standard InChI is InChI=1S/C17H16F2N/c18-14-8-9-15(16(19)11-14)17-7-4-10-20(17)12-13-5-2-1-3-6-13/h1-3,5-9,11,17H,4,10,12H2. The van der Waals surface area contributed by atoms with E-state index < -0.39 is 11.6 Å². The molecule has 2 aromatic carbocycles. The van der Waals surface area contributed by atoms with Crippen LogP contribution in [-0.4, -0.2) is 11.4 Å². The Kier molecular flexibility index (Phi) is 3.79. The zero-order chi connectivity index (χ0) is 13.9. The molecule has 1 heterocycles. The van der Waals surface area contributed by atoms with Gasteiger partial charge in [0.2, 0.25) is 0 Å². The van der Waals surface area contributed by atoms with Gasteiger partial charge < -0.3 is 0 Å². The molecule has 2 aromatic rings. The van der Waals surface area contributed by atoms with Crippen LogP contribution in [0.15, 0.2) is 48.5 Å². The van der Waals surface area contributed by atoms with E-state index in [0.717, 1.165) is 25.6 Å². The highest BCUT2D eigenvalue weighted by atomic mass is 19.1. The zero-order valence-electron chi connectivity index (χ0n) is 11.1. The summed E-state index contributed by atoms with van der Waals surface area (Å²) in [5.74, 6) is -0.995. The Bertz CT molecular complexity index is 583. The molecule has 0 N–H and O–H groups in total. The predicted octanol–water partition coefficient (Wildman–Crippen LogP) is 4.12. The molecule has 3 rings (SSSR count). The number of halogens is 2. The molecule has 0 bridgehead atoms. The molecule has 0 amide bonds. The van der Waals surface area contributed by atoms with Crippen LogP contribution in [0.2, 0.25) is 0 Å². The van der Waals surface area contributed by atoms with Crippen LogP contribution in [0.3, 0.4) is 0 Å². The Balaban J connectivity index is 1.82. The van der Waals surface area contributed by atoms with Crippen LogP contribution in [0.5, 0.6) is 0 Å². The van der Waals surface area contributed by atoms with Crippen LogP contribution in [-0.2, 0) is 6.54 Å². The number of likely N-dealkylation sites (tertiary alicyclic amines) is 1. The van der Waals surface area contributed by atoms with Crippen molar-refractivity contribution in [3.63, 3.8) is 0 Å². The number of hydrogen-bond acceptors (Lipinski definition) is 1. The first-order chi connectivity index (χ1) is 9.74. The van der Waals surface area contributed by atoms with Gasteiger partial charge in [-0.1, -0.05) is 36.4 Å². The second kappa shape index (κ2) is 5.71. The van der Waals surface area contributed by atoms with Gasteiger partial charge in [0.25, 0.3) is 0 Å². The molecule has 1 nitrogen and oxygen atoms in total. The second-order valence-corrected chi connectivity index (χ2v) is 5.09. The van der Waals surface area contributed by atoms with Gasteiger partial charge in [0.1, 0.15) is 11.6 Å². The third kappa shape index (κ3) is 2.73. The molecule has 0 spiro atoms. The second-order valence-electron chi connectivity index (χ2n) is 5.09. The van der Waals surface area contributed by atoms with Crippen molar-refractivity contribution in [1.29, 1.82) is 0 Å². The quantitative estimate of drug-likeness (QED) is 0.812. The zero-order valence-corrected chi connectivity index (χ0v) is 11.1. The van der Waals surface area contributed by atoms with Crippen LogP contribution in [0.25, 0.3) is 0 Å². The Hall–Kier alpha value is -1.74. The topological polar surface area (TPSA) is 3.24 Å². The van der Waals surface area contributed by atoms with Crippen LogP contribution < -0.4 is 0 Å². The summed E-state index contributed by atoms with van der Waals surface area (Å²) in [6.07, 6.45) is 3.02. The summed E-state index contributed by atoms with van der Waals surface area (Å²) in [5, 5.41) is 0. The molecule has 103 valence electrons. The first-order valence-corrected chi connectivity index (χ1v) is 6.80. The van der Waals surface area contributed by atoms with Gasteiger partial charge >= 0.3 is 0 Å². The molecule has 1 fully saturated rings. The highest BCUT2D eigenvalue weighted by Gasteiger charge is 2.28. The van der Waals surface area contributed by atoms with Crippen molar-refractivity contribution in [3.8, 4) is 0 Å². The molecule has 1 radical (unpaired) electrons. The predicted molar refractivity (Wildman–Crippen MR) is 74.9 cm³/mol. The molecule has 1 saturated heterocycles. The average molecular weight is 272 g/mol. The maximum absolute atomic E-state index is 13.9. The lowest BCUT2D eigenvalue weighted by molar-refractivity contribution is 0.257. The molecule has 1 atom stereocenters. The highest BCUT2D eigenvalue weighted by Crippen LogP contribution is 2.33. The number of nitrogens with zero attached hydrogens (tertiary/aromatic N) is 1. The van der Waals surface area contributed by atoms with Crippen LogP contribution >= 0.6 is 0 Å². The molecule has 20 heavy (non-hydrogen) atoms. The van der Waals surface area contributed by atoms with Gasteiger partial charge in [0.15, 0.2) is 0 Å². The Morgan fingerprint density at radius 2 is 1.85 bits per heavy atom. The molecule has 1 aliphatic heterocycles. The van der Waals surface area contributed by atoms with Gasteiger partial charge in [-0.15, -0.1) is 0 Å². The Morgan fingerprint density at radius 1 is 1.05 bits per heavy atom. The summed E-state index contributed by atoms with van der Waals surface area (Å²) in [6, 6.07) is 13.9. The Morgan fingerprint density at radius 3 is 2.60 bits per heavy atom.